The van der Waals surface area contributed by atoms with Gasteiger partial charge >= 0.3 is 0 Å². The minimum Gasteiger partial charge on any atom is -0.396 e. The highest BCUT2D eigenvalue weighted by atomic mass is 16.7. The maximum atomic E-state index is 13.8. The second-order valence-electron chi connectivity index (χ2n) is 11.7. The molecule has 2 saturated heterocycles. The number of carbonyl (C=O) groups is 1. The standard InChI is InChI=1S/C26H36O8/c1-11-10-33-26(24(32)21(11)30)17(9-27)20-15-5-6-16-14(19(15)22(31)23(20)34-26)4-3-12-7-13(28)8-18(29)25(12,16)2/h3,11,13-14,16-18,20-21,23-24,27-30,32H,4-10H2,1-2H3/t11-,13+,14+,16-,17+,18+,20+,21+,23-,24-,25-,26-/m0/s1. The van der Waals surface area contributed by atoms with Gasteiger partial charge in [-0.1, -0.05) is 31.1 Å². The fourth-order valence-corrected chi connectivity index (χ4v) is 8.39. The summed E-state index contributed by atoms with van der Waals surface area (Å²) in [5, 5.41) is 53.1. The normalized spacial score (nSPS) is 54.4. The number of aliphatic hydroxyl groups excluding tert-OH is 5. The molecule has 6 aliphatic rings. The predicted molar refractivity (Wildman–Crippen MR) is 119 cm³/mol. The molecule has 0 aromatic rings. The van der Waals surface area contributed by atoms with Gasteiger partial charge in [0.05, 0.1) is 31.5 Å². The van der Waals surface area contributed by atoms with Gasteiger partial charge in [0.25, 0.3) is 0 Å². The van der Waals surface area contributed by atoms with E-state index in [1.807, 2.05) is 0 Å². The molecule has 0 bridgehead atoms. The molecule has 188 valence electrons. The molecule has 0 aromatic carbocycles. The molecule has 1 saturated carbocycles. The Labute approximate surface area is 199 Å². The van der Waals surface area contributed by atoms with E-state index in [0.717, 1.165) is 23.1 Å². The van der Waals surface area contributed by atoms with E-state index in [1.54, 1.807) is 6.92 Å². The summed E-state index contributed by atoms with van der Waals surface area (Å²) in [6.45, 7) is 3.71. The molecule has 0 radical (unpaired) electrons. The summed E-state index contributed by atoms with van der Waals surface area (Å²) in [4.78, 5) is 13.8. The molecule has 4 aliphatic carbocycles. The fraction of sp³-hybridized carbons (Fsp3) is 0.808. The topological polar surface area (TPSA) is 137 Å². The van der Waals surface area contributed by atoms with Crippen LogP contribution >= 0.6 is 0 Å². The lowest BCUT2D eigenvalue weighted by Crippen LogP contribution is -2.62. The summed E-state index contributed by atoms with van der Waals surface area (Å²) in [6.07, 6.45) is 0.714. The lowest BCUT2D eigenvalue weighted by molar-refractivity contribution is -0.337. The zero-order chi connectivity index (χ0) is 24.2. The van der Waals surface area contributed by atoms with E-state index in [-0.39, 0.29) is 42.7 Å². The van der Waals surface area contributed by atoms with Crippen molar-refractivity contribution < 1.29 is 39.8 Å². The van der Waals surface area contributed by atoms with Gasteiger partial charge in [-0.2, -0.15) is 0 Å². The monoisotopic (exact) mass is 476 g/mol. The Kier molecular flexibility index (Phi) is 5.26. The summed E-state index contributed by atoms with van der Waals surface area (Å²) < 4.78 is 12.2. The largest absolute Gasteiger partial charge is 0.396 e. The summed E-state index contributed by atoms with van der Waals surface area (Å²) in [7, 11) is 0. The van der Waals surface area contributed by atoms with Crippen molar-refractivity contribution in [3.63, 3.8) is 0 Å². The highest BCUT2D eigenvalue weighted by molar-refractivity contribution is 6.04. The smallest absolute Gasteiger partial charge is 0.203 e. The summed E-state index contributed by atoms with van der Waals surface area (Å²) >= 11 is 0. The molecule has 0 aromatic heterocycles. The molecular weight excluding hydrogens is 440 g/mol. The Hall–Kier alpha value is -1.13. The van der Waals surface area contributed by atoms with Crippen LogP contribution in [0.15, 0.2) is 22.8 Å². The van der Waals surface area contributed by atoms with Crippen LogP contribution < -0.4 is 0 Å². The number of Topliss-reactive ketones (excluding diaryl/α,β-unsaturated/α-hetero) is 1. The third-order valence-corrected chi connectivity index (χ3v) is 10.3. The van der Waals surface area contributed by atoms with Gasteiger partial charge < -0.3 is 35.0 Å². The van der Waals surface area contributed by atoms with Gasteiger partial charge in [-0.15, -0.1) is 0 Å². The van der Waals surface area contributed by atoms with Gasteiger partial charge in [0.1, 0.15) is 12.2 Å². The van der Waals surface area contributed by atoms with Crippen molar-refractivity contribution in [3.05, 3.63) is 22.8 Å². The number of hydrogen-bond donors (Lipinski definition) is 5. The van der Waals surface area contributed by atoms with Crippen molar-refractivity contribution in [3.8, 4) is 0 Å². The first-order valence-corrected chi connectivity index (χ1v) is 12.8. The zero-order valence-corrected chi connectivity index (χ0v) is 19.8. The molecule has 1 spiro atoms. The van der Waals surface area contributed by atoms with E-state index in [1.165, 1.54) is 0 Å². The van der Waals surface area contributed by atoms with Crippen molar-refractivity contribution in [2.24, 2.45) is 35.0 Å². The van der Waals surface area contributed by atoms with Crippen molar-refractivity contribution in [1.29, 1.82) is 0 Å². The van der Waals surface area contributed by atoms with Crippen LogP contribution in [0.25, 0.3) is 0 Å². The molecular formula is C26H36O8. The second kappa shape index (κ2) is 7.68. The first kappa shape index (κ1) is 23.3. The summed E-state index contributed by atoms with van der Waals surface area (Å²) in [6, 6.07) is 0. The lowest BCUT2D eigenvalue weighted by Gasteiger charge is -2.54. The van der Waals surface area contributed by atoms with E-state index in [0.29, 0.717) is 25.7 Å². The first-order valence-electron chi connectivity index (χ1n) is 12.8. The number of hydrogen-bond acceptors (Lipinski definition) is 8. The Morgan fingerprint density at radius 3 is 2.71 bits per heavy atom. The van der Waals surface area contributed by atoms with Crippen LogP contribution in [0.1, 0.15) is 46.0 Å². The molecule has 5 N–H and O–H groups in total. The minimum absolute atomic E-state index is 0.0396. The van der Waals surface area contributed by atoms with Crippen LogP contribution in [0, 0.1) is 35.0 Å². The number of aliphatic hydroxyl groups is 5. The van der Waals surface area contributed by atoms with E-state index in [4.69, 9.17) is 9.47 Å². The molecule has 8 nitrogen and oxygen atoms in total. The van der Waals surface area contributed by atoms with Gasteiger partial charge in [0.15, 0.2) is 5.78 Å². The van der Waals surface area contributed by atoms with Crippen molar-refractivity contribution >= 4 is 5.78 Å². The van der Waals surface area contributed by atoms with Gasteiger partial charge in [0, 0.05) is 35.2 Å². The minimum atomic E-state index is -1.59. The molecule has 2 aliphatic heterocycles. The van der Waals surface area contributed by atoms with Crippen molar-refractivity contribution in [2.45, 2.75) is 82.3 Å². The predicted octanol–water partition coefficient (Wildman–Crippen LogP) is 0.452. The number of allylic oxidation sites excluding steroid dienone is 1. The van der Waals surface area contributed by atoms with Gasteiger partial charge in [-0.05, 0) is 37.5 Å². The molecule has 0 unspecified atom stereocenters. The zero-order valence-electron chi connectivity index (χ0n) is 19.8. The highest BCUT2D eigenvalue weighted by Gasteiger charge is 2.69. The first-order chi connectivity index (χ1) is 16.1. The Balaban J connectivity index is 1.38. The van der Waals surface area contributed by atoms with Crippen molar-refractivity contribution in [1.82, 2.24) is 0 Å². The molecule has 34 heavy (non-hydrogen) atoms. The highest BCUT2D eigenvalue weighted by Crippen LogP contribution is 2.63. The van der Waals surface area contributed by atoms with Crippen LogP contribution in [0.3, 0.4) is 0 Å². The fourth-order valence-electron chi connectivity index (χ4n) is 8.39. The molecule has 12 atom stereocenters. The molecule has 0 amide bonds. The van der Waals surface area contributed by atoms with E-state index >= 15 is 0 Å². The lowest BCUT2D eigenvalue weighted by atomic mass is 9.51. The maximum Gasteiger partial charge on any atom is 0.203 e. The Morgan fingerprint density at radius 2 is 1.97 bits per heavy atom. The third kappa shape index (κ3) is 2.76. The maximum absolute atomic E-state index is 13.8. The number of ketones is 1. The van der Waals surface area contributed by atoms with Crippen LogP contribution in [0.2, 0.25) is 0 Å². The average molecular weight is 477 g/mol. The number of carbonyl (C=O) groups excluding carboxylic acids is 1. The SMILES string of the molecule is C[C@H]1CO[C@@]2(O[C@@H]3C(=O)C4=C(CC[C@H]5[C@H]4CC=C4C[C@@H](O)C[C@@H](O)[C@@]45C)[C@@H]3[C@H]2CO)[C@@H](O)[C@@H]1O. The van der Waals surface area contributed by atoms with Gasteiger partial charge in [-0.3, -0.25) is 4.79 Å². The summed E-state index contributed by atoms with van der Waals surface area (Å²) in [5.74, 6) is -2.97. The van der Waals surface area contributed by atoms with Crippen LogP contribution in [-0.4, -0.2) is 80.8 Å². The summed E-state index contributed by atoms with van der Waals surface area (Å²) in [5.41, 5.74) is 2.38. The third-order valence-electron chi connectivity index (χ3n) is 10.3. The molecule has 6 rings (SSSR count). The second-order valence-corrected chi connectivity index (χ2v) is 11.7. The van der Waals surface area contributed by atoms with Crippen LogP contribution in [-0.2, 0) is 14.3 Å². The average Bonchev–Trinajstić information content (AvgIpc) is 3.28. The quantitative estimate of drug-likeness (QED) is 0.344. The van der Waals surface area contributed by atoms with E-state index < -0.39 is 47.6 Å². The van der Waals surface area contributed by atoms with Crippen LogP contribution in [0.5, 0.6) is 0 Å². The van der Waals surface area contributed by atoms with Gasteiger partial charge in [-0.25, -0.2) is 0 Å². The number of fused-ring (bicyclic) bond motifs is 6. The van der Waals surface area contributed by atoms with E-state index in [9.17, 15) is 30.3 Å². The Bertz CT molecular complexity index is 958. The Morgan fingerprint density at radius 1 is 1.21 bits per heavy atom. The van der Waals surface area contributed by atoms with Gasteiger partial charge in [0.2, 0.25) is 5.79 Å². The number of rotatable bonds is 1. The molecule has 3 fully saturated rings. The van der Waals surface area contributed by atoms with E-state index in [2.05, 4.69) is 13.0 Å². The molecule has 8 heteroatoms. The molecule has 2 heterocycles. The van der Waals surface area contributed by atoms with Crippen molar-refractivity contribution in [2.75, 3.05) is 13.2 Å². The van der Waals surface area contributed by atoms with Crippen LogP contribution in [0.4, 0.5) is 0 Å². The number of ether oxygens (including phenoxy) is 2.